The Morgan fingerprint density at radius 3 is 2.81 bits per heavy atom. The number of imidazole rings is 1. The van der Waals surface area contributed by atoms with Crippen LogP contribution in [0.15, 0.2) is 17.3 Å². The molecule has 0 saturated carbocycles. The Hall–Kier alpha value is -1.54. The van der Waals surface area contributed by atoms with Crippen LogP contribution >= 0.6 is 11.8 Å². The molecule has 5 heteroatoms. The maximum Gasteiger partial charge on any atom is 0.169 e. The Morgan fingerprint density at radius 1 is 1.44 bits per heavy atom. The third kappa shape index (κ3) is 1.76. The largest absolute Gasteiger partial charge is 0.322 e. The standard InChI is InChI=1S/C11H8F2N2S/c1-3-4-16-11-14-9-5-7(12)8(13)6-10(9)15(11)2/h1,5-6H,4H2,2H3. The number of nitrogens with zero attached hydrogens (tertiary/aromatic N) is 2. The van der Waals surface area contributed by atoms with Gasteiger partial charge in [-0.05, 0) is 0 Å². The Labute approximate surface area is 95.7 Å². The summed E-state index contributed by atoms with van der Waals surface area (Å²) in [4.78, 5) is 4.18. The highest BCUT2D eigenvalue weighted by Gasteiger charge is 2.11. The first kappa shape index (κ1) is 11.0. The van der Waals surface area contributed by atoms with Gasteiger partial charge in [0.05, 0.1) is 16.8 Å². The number of terminal acetylenes is 1. The molecule has 2 aromatic rings. The van der Waals surface area contributed by atoms with Crippen molar-refractivity contribution in [3.8, 4) is 12.3 Å². The summed E-state index contributed by atoms with van der Waals surface area (Å²) in [6.45, 7) is 0. The van der Waals surface area contributed by atoms with Gasteiger partial charge >= 0.3 is 0 Å². The lowest BCUT2D eigenvalue weighted by Gasteiger charge is -1.99. The van der Waals surface area contributed by atoms with Gasteiger partial charge in [-0.25, -0.2) is 13.8 Å². The van der Waals surface area contributed by atoms with E-state index >= 15 is 0 Å². The van der Waals surface area contributed by atoms with E-state index in [0.717, 1.165) is 12.1 Å². The molecule has 82 valence electrons. The smallest absolute Gasteiger partial charge is 0.169 e. The lowest BCUT2D eigenvalue weighted by Crippen LogP contribution is -1.91. The predicted molar refractivity (Wildman–Crippen MR) is 60.2 cm³/mol. The zero-order chi connectivity index (χ0) is 11.7. The number of thioether (sulfide) groups is 1. The van der Waals surface area contributed by atoms with E-state index in [9.17, 15) is 8.78 Å². The molecule has 2 rings (SSSR count). The van der Waals surface area contributed by atoms with E-state index in [4.69, 9.17) is 6.42 Å². The van der Waals surface area contributed by atoms with Crippen LogP contribution in [0.3, 0.4) is 0 Å². The summed E-state index contributed by atoms with van der Waals surface area (Å²) in [7, 11) is 1.74. The fourth-order valence-corrected chi connectivity index (χ4v) is 2.07. The molecule has 0 N–H and O–H groups in total. The Morgan fingerprint density at radius 2 is 2.12 bits per heavy atom. The molecule has 0 radical (unpaired) electrons. The normalized spacial score (nSPS) is 10.6. The van der Waals surface area contributed by atoms with E-state index in [1.807, 2.05) is 0 Å². The van der Waals surface area contributed by atoms with Crippen molar-refractivity contribution in [1.29, 1.82) is 0 Å². The number of hydrogen-bond donors (Lipinski definition) is 0. The minimum absolute atomic E-state index is 0.431. The zero-order valence-electron chi connectivity index (χ0n) is 8.50. The van der Waals surface area contributed by atoms with E-state index in [-0.39, 0.29) is 0 Å². The Balaban J connectivity index is 2.56. The van der Waals surface area contributed by atoms with Crippen LogP contribution < -0.4 is 0 Å². The van der Waals surface area contributed by atoms with E-state index in [1.165, 1.54) is 11.8 Å². The van der Waals surface area contributed by atoms with Gasteiger partial charge in [-0.3, -0.25) is 0 Å². The van der Waals surface area contributed by atoms with Gasteiger partial charge in [0.25, 0.3) is 0 Å². The summed E-state index contributed by atoms with van der Waals surface area (Å²) in [5.74, 6) is 1.19. The van der Waals surface area contributed by atoms with Crippen molar-refractivity contribution < 1.29 is 8.78 Å². The van der Waals surface area contributed by atoms with Crippen LogP contribution in [0.25, 0.3) is 11.0 Å². The lowest BCUT2D eigenvalue weighted by atomic mass is 10.3. The number of aromatic nitrogens is 2. The van der Waals surface area contributed by atoms with Crippen molar-refractivity contribution >= 4 is 22.8 Å². The van der Waals surface area contributed by atoms with Gasteiger partial charge in [0, 0.05) is 19.2 Å². The minimum atomic E-state index is -0.890. The fraction of sp³-hybridized carbons (Fsp3) is 0.182. The molecule has 16 heavy (non-hydrogen) atoms. The summed E-state index contributed by atoms with van der Waals surface area (Å²) < 4.78 is 27.7. The van der Waals surface area contributed by atoms with Crippen molar-refractivity contribution in [2.24, 2.45) is 7.05 Å². The number of rotatable bonds is 2. The van der Waals surface area contributed by atoms with Crippen molar-refractivity contribution in [1.82, 2.24) is 9.55 Å². The van der Waals surface area contributed by atoms with Gasteiger partial charge < -0.3 is 4.57 Å². The predicted octanol–water partition coefficient (Wildman–Crippen LogP) is 2.58. The highest BCUT2D eigenvalue weighted by Crippen LogP contribution is 2.24. The van der Waals surface area contributed by atoms with Crippen molar-refractivity contribution in [2.75, 3.05) is 5.75 Å². The summed E-state index contributed by atoms with van der Waals surface area (Å²) in [5.41, 5.74) is 0.986. The number of halogens is 2. The number of aryl methyl sites for hydroxylation is 1. The van der Waals surface area contributed by atoms with Gasteiger partial charge in [-0.1, -0.05) is 17.7 Å². The van der Waals surface area contributed by atoms with Gasteiger partial charge in [0.1, 0.15) is 0 Å². The molecule has 0 atom stereocenters. The van der Waals surface area contributed by atoms with Crippen LogP contribution in [0, 0.1) is 24.0 Å². The van der Waals surface area contributed by atoms with E-state index in [2.05, 4.69) is 10.9 Å². The molecule has 1 aromatic heterocycles. The monoisotopic (exact) mass is 238 g/mol. The van der Waals surface area contributed by atoms with Gasteiger partial charge in [-0.15, -0.1) is 6.42 Å². The highest BCUT2D eigenvalue weighted by molar-refractivity contribution is 7.99. The van der Waals surface area contributed by atoms with E-state index in [0.29, 0.717) is 21.9 Å². The first-order valence-electron chi connectivity index (χ1n) is 4.51. The molecule has 0 spiro atoms. The third-order valence-electron chi connectivity index (χ3n) is 2.17. The second-order valence-electron chi connectivity index (χ2n) is 3.20. The molecule has 1 heterocycles. The van der Waals surface area contributed by atoms with Crippen molar-refractivity contribution in [2.45, 2.75) is 5.16 Å². The molecule has 0 saturated heterocycles. The second-order valence-corrected chi connectivity index (χ2v) is 4.14. The molecule has 0 aliphatic rings. The van der Waals surface area contributed by atoms with Crippen LogP contribution in [0.1, 0.15) is 0 Å². The summed E-state index contributed by atoms with van der Waals surface area (Å²) in [6, 6.07) is 2.22. The topological polar surface area (TPSA) is 17.8 Å². The fourth-order valence-electron chi connectivity index (χ4n) is 1.40. The molecular weight excluding hydrogens is 230 g/mol. The summed E-state index contributed by atoms with van der Waals surface area (Å²) in [5, 5.41) is 0.651. The van der Waals surface area contributed by atoms with Gasteiger partial charge in [-0.2, -0.15) is 0 Å². The number of fused-ring (bicyclic) bond motifs is 1. The van der Waals surface area contributed by atoms with E-state index in [1.54, 1.807) is 11.6 Å². The Kier molecular flexibility index (Phi) is 2.84. The molecule has 1 aromatic carbocycles. The maximum absolute atomic E-state index is 13.0. The lowest BCUT2D eigenvalue weighted by molar-refractivity contribution is 0.510. The zero-order valence-corrected chi connectivity index (χ0v) is 9.31. The molecule has 0 aliphatic heterocycles. The van der Waals surface area contributed by atoms with Crippen molar-refractivity contribution in [3.63, 3.8) is 0 Å². The molecular formula is C11H8F2N2S. The summed E-state index contributed by atoms with van der Waals surface area (Å²) >= 11 is 1.36. The SMILES string of the molecule is C#CCSc1nc2cc(F)c(F)cc2n1C. The molecule has 0 amide bonds. The van der Waals surface area contributed by atoms with Crippen LogP contribution in [-0.2, 0) is 7.05 Å². The average Bonchev–Trinajstić information content (AvgIpc) is 2.54. The average molecular weight is 238 g/mol. The second kappa shape index (κ2) is 4.14. The van der Waals surface area contributed by atoms with E-state index < -0.39 is 11.6 Å². The van der Waals surface area contributed by atoms with Crippen LogP contribution in [-0.4, -0.2) is 15.3 Å². The molecule has 0 fully saturated rings. The van der Waals surface area contributed by atoms with Crippen molar-refractivity contribution in [3.05, 3.63) is 23.8 Å². The Bertz CT molecular complexity index is 584. The first-order chi connectivity index (χ1) is 7.63. The molecule has 0 unspecified atom stereocenters. The minimum Gasteiger partial charge on any atom is -0.322 e. The van der Waals surface area contributed by atoms with Crippen LogP contribution in [0.5, 0.6) is 0 Å². The van der Waals surface area contributed by atoms with Crippen LogP contribution in [0.2, 0.25) is 0 Å². The summed E-state index contributed by atoms with van der Waals surface area (Å²) in [6.07, 6.45) is 5.14. The first-order valence-corrected chi connectivity index (χ1v) is 5.49. The molecule has 0 aliphatic carbocycles. The maximum atomic E-state index is 13.0. The van der Waals surface area contributed by atoms with Gasteiger partial charge in [0.15, 0.2) is 16.8 Å². The quantitative estimate of drug-likeness (QED) is 0.591. The third-order valence-corrected chi connectivity index (χ3v) is 3.10. The number of benzene rings is 1. The molecule has 0 bridgehead atoms. The van der Waals surface area contributed by atoms with Gasteiger partial charge in [0.2, 0.25) is 0 Å². The van der Waals surface area contributed by atoms with Crippen LogP contribution in [0.4, 0.5) is 8.78 Å². The number of hydrogen-bond acceptors (Lipinski definition) is 2. The molecule has 2 nitrogen and oxygen atoms in total. The highest BCUT2D eigenvalue weighted by atomic mass is 32.2.